The summed E-state index contributed by atoms with van der Waals surface area (Å²) in [5.41, 5.74) is 2.12. The normalized spacial score (nSPS) is 11.9. The molecule has 2 amide bonds. The van der Waals surface area contributed by atoms with Crippen LogP contribution in [-0.4, -0.2) is 39.4 Å². The number of ether oxygens (including phenoxy) is 1. The van der Waals surface area contributed by atoms with E-state index in [1.807, 2.05) is 18.4 Å². The predicted molar refractivity (Wildman–Crippen MR) is 153 cm³/mol. The second-order valence-corrected chi connectivity index (χ2v) is 10.3. The van der Waals surface area contributed by atoms with Crippen LogP contribution in [0, 0.1) is 5.82 Å². The Labute approximate surface area is 237 Å². The van der Waals surface area contributed by atoms with Crippen LogP contribution in [0.3, 0.4) is 0 Å². The van der Waals surface area contributed by atoms with E-state index in [0.717, 1.165) is 10.4 Å². The van der Waals surface area contributed by atoms with Crippen molar-refractivity contribution in [1.82, 2.24) is 15.3 Å². The standard InChI is InChI=1S/C30H23FN4O5S/c1-2-9-33-29(37)23-4-3-16(26(34-23)30(38)39)18-13-24-20(27-15(14-40-24)8-11-41-27)12-19(18)28(36)35-22-6-5-21-17(25(22)31)7-10-32-21/h3-8,10-13,32H,2,9,14H2,1H3,(H,33,37)(H,35,36)(H,38,39). The molecule has 0 bridgehead atoms. The van der Waals surface area contributed by atoms with Gasteiger partial charge in [-0.15, -0.1) is 11.3 Å². The summed E-state index contributed by atoms with van der Waals surface area (Å²) in [5, 5.41) is 17.6. The summed E-state index contributed by atoms with van der Waals surface area (Å²) in [4.78, 5) is 46.6. The maximum atomic E-state index is 15.2. The first-order valence-electron chi connectivity index (χ1n) is 12.8. The zero-order valence-electron chi connectivity index (χ0n) is 21.7. The third-order valence-electron chi connectivity index (χ3n) is 6.81. The van der Waals surface area contributed by atoms with Crippen molar-refractivity contribution in [3.05, 3.63) is 88.4 Å². The Morgan fingerprint density at radius 1 is 1.07 bits per heavy atom. The van der Waals surface area contributed by atoms with Crippen molar-refractivity contribution in [2.24, 2.45) is 0 Å². The first-order valence-corrected chi connectivity index (χ1v) is 13.7. The molecule has 4 N–H and O–H groups in total. The molecule has 0 unspecified atom stereocenters. The number of aromatic nitrogens is 2. The molecule has 0 radical (unpaired) electrons. The summed E-state index contributed by atoms with van der Waals surface area (Å²) in [7, 11) is 0. The van der Waals surface area contributed by atoms with Crippen LogP contribution < -0.4 is 15.4 Å². The number of carboxylic acids is 1. The van der Waals surface area contributed by atoms with Crippen LogP contribution in [0.15, 0.2) is 60.1 Å². The van der Waals surface area contributed by atoms with Crippen LogP contribution in [0.25, 0.3) is 32.5 Å². The highest BCUT2D eigenvalue weighted by Gasteiger charge is 2.27. The Kier molecular flexibility index (Phi) is 6.72. The minimum Gasteiger partial charge on any atom is -0.488 e. The van der Waals surface area contributed by atoms with E-state index in [9.17, 15) is 19.5 Å². The maximum Gasteiger partial charge on any atom is 0.355 e. The number of pyridine rings is 1. The Bertz CT molecular complexity index is 1860. The summed E-state index contributed by atoms with van der Waals surface area (Å²) in [6.45, 7) is 2.62. The van der Waals surface area contributed by atoms with Gasteiger partial charge >= 0.3 is 5.97 Å². The molecule has 0 saturated heterocycles. The molecule has 206 valence electrons. The molecule has 0 saturated carbocycles. The summed E-state index contributed by atoms with van der Waals surface area (Å²) in [6, 6.07) is 12.7. The number of halogens is 1. The smallest absolute Gasteiger partial charge is 0.355 e. The molecule has 5 aromatic rings. The fourth-order valence-corrected chi connectivity index (χ4v) is 5.74. The van der Waals surface area contributed by atoms with Crippen molar-refractivity contribution in [3.63, 3.8) is 0 Å². The summed E-state index contributed by atoms with van der Waals surface area (Å²) < 4.78 is 21.2. The number of hydrogen-bond donors (Lipinski definition) is 4. The molecule has 11 heteroatoms. The average Bonchev–Trinajstić information content (AvgIpc) is 3.66. The number of amides is 2. The third-order valence-corrected chi connectivity index (χ3v) is 7.80. The number of carbonyl (C=O) groups excluding carboxylic acids is 2. The van der Waals surface area contributed by atoms with Gasteiger partial charge in [-0.25, -0.2) is 14.2 Å². The molecule has 6 rings (SSSR count). The molecule has 4 heterocycles. The number of carboxylic acid groups (broad SMARTS) is 1. The van der Waals surface area contributed by atoms with E-state index in [1.54, 1.807) is 30.5 Å². The first kappa shape index (κ1) is 26.2. The number of H-pyrrole nitrogens is 1. The number of aromatic carboxylic acids is 1. The number of rotatable bonds is 7. The summed E-state index contributed by atoms with van der Waals surface area (Å²) in [5.74, 6) is -2.67. The van der Waals surface area contributed by atoms with Crippen LogP contribution in [0.2, 0.25) is 0 Å². The van der Waals surface area contributed by atoms with Gasteiger partial charge in [0.05, 0.1) is 5.69 Å². The van der Waals surface area contributed by atoms with E-state index in [0.29, 0.717) is 41.8 Å². The minimum atomic E-state index is -1.38. The lowest BCUT2D eigenvalue weighted by molar-refractivity contribution is 0.0691. The lowest BCUT2D eigenvalue weighted by Crippen LogP contribution is -2.25. The van der Waals surface area contributed by atoms with Crippen molar-refractivity contribution >= 4 is 45.7 Å². The summed E-state index contributed by atoms with van der Waals surface area (Å²) >= 11 is 1.49. The molecule has 1 aliphatic heterocycles. The molecule has 41 heavy (non-hydrogen) atoms. The zero-order valence-corrected chi connectivity index (χ0v) is 22.5. The van der Waals surface area contributed by atoms with Crippen LogP contribution in [0.5, 0.6) is 5.75 Å². The Morgan fingerprint density at radius 3 is 2.73 bits per heavy atom. The highest BCUT2D eigenvalue weighted by atomic mass is 32.1. The van der Waals surface area contributed by atoms with Gasteiger partial charge in [-0.1, -0.05) is 6.92 Å². The van der Waals surface area contributed by atoms with E-state index >= 15 is 4.39 Å². The number of benzene rings is 2. The number of anilines is 1. The number of hydrogen-bond acceptors (Lipinski definition) is 6. The van der Waals surface area contributed by atoms with Gasteiger partial charge in [-0.05, 0) is 60.3 Å². The number of thiophene rings is 1. The molecular weight excluding hydrogens is 547 g/mol. The Balaban J connectivity index is 1.49. The van der Waals surface area contributed by atoms with E-state index in [-0.39, 0.29) is 28.1 Å². The number of nitrogens with zero attached hydrogens (tertiary/aromatic N) is 1. The molecule has 3 aromatic heterocycles. The minimum absolute atomic E-state index is 0.0293. The zero-order chi connectivity index (χ0) is 28.7. The second kappa shape index (κ2) is 10.5. The van der Waals surface area contributed by atoms with Gasteiger partial charge in [-0.2, -0.15) is 0 Å². The average molecular weight is 571 g/mol. The van der Waals surface area contributed by atoms with E-state index < -0.39 is 29.3 Å². The highest BCUT2D eigenvalue weighted by molar-refractivity contribution is 7.13. The van der Waals surface area contributed by atoms with Gasteiger partial charge in [0.15, 0.2) is 11.5 Å². The molecule has 2 aromatic carbocycles. The van der Waals surface area contributed by atoms with Crippen molar-refractivity contribution in [2.45, 2.75) is 20.0 Å². The fourth-order valence-electron chi connectivity index (χ4n) is 4.81. The quantitative estimate of drug-likeness (QED) is 0.187. The van der Waals surface area contributed by atoms with Crippen LogP contribution in [0.1, 0.15) is 50.2 Å². The Hall–Kier alpha value is -5.03. The van der Waals surface area contributed by atoms with Gasteiger partial charge < -0.3 is 25.5 Å². The largest absolute Gasteiger partial charge is 0.488 e. The van der Waals surface area contributed by atoms with Gasteiger partial charge in [0, 0.05) is 56.3 Å². The summed E-state index contributed by atoms with van der Waals surface area (Å²) in [6.07, 6.45) is 2.30. The number of aromatic amines is 1. The monoisotopic (exact) mass is 570 g/mol. The van der Waals surface area contributed by atoms with E-state index in [4.69, 9.17) is 4.74 Å². The van der Waals surface area contributed by atoms with E-state index in [2.05, 4.69) is 20.6 Å². The second-order valence-electron chi connectivity index (χ2n) is 9.43. The lowest BCUT2D eigenvalue weighted by Gasteiger charge is -2.21. The van der Waals surface area contributed by atoms with Gasteiger partial charge in [-0.3, -0.25) is 9.59 Å². The van der Waals surface area contributed by atoms with Crippen molar-refractivity contribution in [2.75, 3.05) is 11.9 Å². The molecular formula is C30H23FN4O5S. The fraction of sp³-hybridized carbons (Fsp3) is 0.133. The SMILES string of the molecule is CCCNC(=O)c1ccc(-c2cc3c(cc2C(=O)Nc2ccc4[nH]ccc4c2F)-c2sccc2CO3)c(C(=O)O)n1. The van der Waals surface area contributed by atoms with Crippen LogP contribution in [0.4, 0.5) is 10.1 Å². The number of fused-ring (bicyclic) bond motifs is 4. The predicted octanol–water partition coefficient (Wildman–Crippen LogP) is 6.08. The topological polar surface area (TPSA) is 133 Å². The number of carbonyl (C=O) groups is 3. The maximum absolute atomic E-state index is 15.2. The lowest BCUT2D eigenvalue weighted by atomic mass is 9.92. The molecule has 1 aliphatic rings. The van der Waals surface area contributed by atoms with Crippen LogP contribution in [-0.2, 0) is 6.61 Å². The van der Waals surface area contributed by atoms with Crippen molar-refractivity contribution < 1.29 is 28.6 Å². The highest BCUT2D eigenvalue weighted by Crippen LogP contribution is 2.44. The third kappa shape index (κ3) is 4.70. The van der Waals surface area contributed by atoms with Crippen LogP contribution >= 0.6 is 11.3 Å². The number of nitrogens with one attached hydrogen (secondary N) is 3. The first-order chi connectivity index (χ1) is 19.9. The molecule has 0 aliphatic carbocycles. The van der Waals surface area contributed by atoms with Gasteiger partial charge in [0.25, 0.3) is 11.8 Å². The molecule has 0 fully saturated rings. The van der Waals surface area contributed by atoms with Gasteiger partial charge in [0.2, 0.25) is 0 Å². The molecule has 0 spiro atoms. The van der Waals surface area contributed by atoms with Gasteiger partial charge in [0.1, 0.15) is 18.1 Å². The Morgan fingerprint density at radius 2 is 1.93 bits per heavy atom. The molecule has 0 atom stereocenters. The van der Waals surface area contributed by atoms with Crippen molar-refractivity contribution in [3.8, 4) is 27.3 Å². The van der Waals surface area contributed by atoms with E-state index in [1.165, 1.54) is 29.5 Å². The van der Waals surface area contributed by atoms with Crippen molar-refractivity contribution in [1.29, 1.82) is 0 Å². The molecule has 9 nitrogen and oxygen atoms in total.